The number of ether oxygens (including phenoxy) is 1. The predicted octanol–water partition coefficient (Wildman–Crippen LogP) is 12.9. The Bertz CT molecular complexity index is 2250. The standard InChI is InChI=1S/C48H58N2O11S3/c1-33-16-24-42-40(31-33)47(3,4)44(50(42)29-10-11-30-62-59-56-52)26-17-35-14-12-15-36(46(35)55-37-19-21-38(22-20-37)63-60-57-53)18-27-45-48(5,6)41-32-39(64-61-58-54)23-25-43(41)49(45)28-9-7-8-13-34(2)51/h16-27,31-32H,7-15,28-30H2,1-6H3,(H2-,52,53,54)/p+1. The molecular weight excluding hydrogens is 877 g/mol. The molecule has 0 radical (unpaired) electrons. The van der Waals surface area contributed by atoms with E-state index in [2.05, 4.69) is 123 Å². The van der Waals surface area contributed by atoms with E-state index in [1.54, 1.807) is 6.92 Å². The second kappa shape index (κ2) is 23.6. The van der Waals surface area contributed by atoms with Gasteiger partial charge < -0.3 is 14.4 Å². The summed E-state index contributed by atoms with van der Waals surface area (Å²) in [6.45, 7) is 14.4. The maximum Gasteiger partial charge on any atom is 0.209 e. The lowest BCUT2D eigenvalue weighted by Crippen LogP contribution is -2.28. The summed E-state index contributed by atoms with van der Waals surface area (Å²) in [5.41, 5.74) is 9.79. The molecule has 1 aliphatic carbocycles. The number of hydrogen-bond acceptors (Lipinski definition) is 15. The van der Waals surface area contributed by atoms with Crippen LogP contribution in [-0.2, 0) is 43.7 Å². The quantitative estimate of drug-likeness (QED) is 0.0257. The Kier molecular flexibility index (Phi) is 18.3. The molecule has 16 heteroatoms. The summed E-state index contributed by atoms with van der Waals surface area (Å²) in [6.07, 6.45) is 16.6. The molecule has 3 N–H and O–H groups in total. The first-order valence-electron chi connectivity index (χ1n) is 21.6. The molecule has 0 fully saturated rings. The molecule has 64 heavy (non-hydrogen) atoms. The highest BCUT2D eigenvalue weighted by molar-refractivity contribution is 7.95. The maximum atomic E-state index is 11.7. The van der Waals surface area contributed by atoms with Crippen molar-refractivity contribution in [3.05, 3.63) is 124 Å². The van der Waals surface area contributed by atoms with Crippen LogP contribution >= 0.6 is 36.1 Å². The monoisotopic (exact) mass is 935 g/mol. The van der Waals surface area contributed by atoms with Crippen LogP contribution in [0.5, 0.6) is 5.75 Å². The number of Topliss-reactive ketones (excluding diaryl/α,β-unsaturated/α-hetero) is 1. The highest BCUT2D eigenvalue weighted by Gasteiger charge is 2.45. The van der Waals surface area contributed by atoms with Crippen LogP contribution in [0.15, 0.2) is 117 Å². The van der Waals surface area contributed by atoms with Crippen molar-refractivity contribution in [3.8, 4) is 5.75 Å². The molecule has 344 valence electrons. The third-order valence-electron chi connectivity index (χ3n) is 12.0. The van der Waals surface area contributed by atoms with E-state index < -0.39 is 5.41 Å². The molecule has 2 aliphatic heterocycles. The highest BCUT2D eigenvalue weighted by atomic mass is 32.2. The third-order valence-corrected chi connectivity index (χ3v) is 13.8. The number of aryl methyl sites for hydroxylation is 1. The van der Waals surface area contributed by atoms with Crippen molar-refractivity contribution in [1.29, 1.82) is 0 Å². The van der Waals surface area contributed by atoms with Crippen LogP contribution in [0.2, 0.25) is 0 Å². The molecular formula is C48H59N2O11S3+. The van der Waals surface area contributed by atoms with E-state index in [9.17, 15) is 4.79 Å². The van der Waals surface area contributed by atoms with Gasteiger partial charge in [0.25, 0.3) is 0 Å². The van der Waals surface area contributed by atoms with Gasteiger partial charge in [0.15, 0.2) is 5.71 Å². The van der Waals surface area contributed by atoms with E-state index in [4.69, 9.17) is 24.8 Å². The normalized spacial score (nSPS) is 17.9. The van der Waals surface area contributed by atoms with Gasteiger partial charge in [0.2, 0.25) is 5.69 Å². The summed E-state index contributed by atoms with van der Waals surface area (Å²) in [6, 6.07) is 20.2. The van der Waals surface area contributed by atoms with Crippen LogP contribution in [0.4, 0.5) is 11.4 Å². The minimum absolute atomic E-state index is 0.211. The molecule has 0 unspecified atom stereocenters. The van der Waals surface area contributed by atoms with Crippen LogP contribution in [-0.4, -0.2) is 50.7 Å². The third kappa shape index (κ3) is 12.4. The first kappa shape index (κ1) is 49.7. The number of carbonyl (C=O) groups is 1. The molecule has 0 spiro atoms. The second-order valence-corrected chi connectivity index (χ2v) is 19.5. The number of allylic oxidation sites excluding steroid dienone is 7. The molecule has 0 atom stereocenters. The summed E-state index contributed by atoms with van der Waals surface area (Å²) in [5.74, 6) is 2.35. The van der Waals surface area contributed by atoms with Gasteiger partial charge in [0.05, 0.1) is 29.5 Å². The number of benzene rings is 3. The van der Waals surface area contributed by atoms with Gasteiger partial charge in [-0.1, -0.05) is 52.7 Å². The molecule has 3 aliphatic rings. The lowest BCUT2D eigenvalue weighted by molar-refractivity contribution is -0.438. The number of anilines is 1. The summed E-state index contributed by atoms with van der Waals surface area (Å²) in [4.78, 5) is 15.6. The van der Waals surface area contributed by atoms with E-state index in [0.29, 0.717) is 17.9 Å². The number of hydrogen-bond donors (Lipinski definition) is 3. The smallest absolute Gasteiger partial charge is 0.209 e. The Morgan fingerprint density at radius 2 is 1.52 bits per heavy atom. The zero-order valence-corrected chi connectivity index (χ0v) is 39.7. The molecule has 0 aromatic heterocycles. The molecule has 2 heterocycles. The Labute approximate surface area is 388 Å². The number of fused-ring (bicyclic) bond motifs is 2. The van der Waals surface area contributed by atoms with Crippen molar-refractivity contribution in [3.63, 3.8) is 0 Å². The van der Waals surface area contributed by atoms with Crippen LogP contribution in [0.25, 0.3) is 0 Å². The van der Waals surface area contributed by atoms with Gasteiger partial charge in [-0.25, -0.2) is 15.8 Å². The molecule has 0 amide bonds. The van der Waals surface area contributed by atoms with Crippen LogP contribution in [0.3, 0.4) is 0 Å². The Balaban J connectivity index is 1.40. The van der Waals surface area contributed by atoms with E-state index in [1.165, 1.54) is 22.5 Å². The fourth-order valence-electron chi connectivity index (χ4n) is 8.79. The average Bonchev–Trinajstić information content (AvgIpc) is 3.62. The van der Waals surface area contributed by atoms with Crippen molar-refractivity contribution in [2.24, 2.45) is 0 Å². The molecule has 0 saturated carbocycles. The van der Waals surface area contributed by atoms with Gasteiger partial charge in [-0.2, -0.15) is 4.58 Å². The Morgan fingerprint density at radius 3 is 2.25 bits per heavy atom. The fraction of sp³-hybridized carbons (Fsp3) is 0.417. The topological polar surface area (TPSA) is 149 Å². The molecule has 0 saturated heterocycles. The van der Waals surface area contributed by atoms with Gasteiger partial charge >= 0.3 is 0 Å². The van der Waals surface area contributed by atoms with Crippen molar-refractivity contribution < 1.29 is 58.0 Å². The van der Waals surface area contributed by atoms with Crippen LogP contribution in [0.1, 0.15) is 109 Å². The summed E-state index contributed by atoms with van der Waals surface area (Å²) >= 11 is 2.92. The largest absolute Gasteiger partial charge is 0.457 e. The summed E-state index contributed by atoms with van der Waals surface area (Å²) < 4.78 is 23.3. The van der Waals surface area contributed by atoms with Crippen LogP contribution < -0.4 is 9.64 Å². The maximum absolute atomic E-state index is 11.7. The number of unbranched alkanes of at least 4 members (excludes halogenated alkanes) is 3. The van der Waals surface area contributed by atoms with E-state index in [1.807, 2.05) is 30.3 Å². The van der Waals surface area contributed by atoms with Crippen LogP contribution in [0, 0.1) is 6.92 Å². The van der Waals surface area contributed by atoms with Gasteiger partial charge in [0, 0.05) is 81.5 Å². The van der Waals surface area contributed by atoms with Crippen molar-refractivity contribution >= 4 is 59.0 Å². The fourth-order valence-corrected chi connectivity index (χ4v) is 9.97. The molecule has 3 aromatic carbocycles. The van der Waals surface area contributed by atoms with Gasteiger partial charge in [0.1, 0.15) is 23.8 Å². The van der Waals surface area contributed by atoms with E-state index >= 15 is 0 Å². The lowest BCUT2D eigenvalue weighted by Gasteiger charge is -2.27. The van der Waals surface area contributed by atoms with Crippen molar-refractivity contribution in [2.75, 3.05) is 23.7 Å². The van der Waals surface area contributed by atoms with Crippen molar-refractivity contribution in [2.45, 2.75) is 120 Å². The predicted molar refractivity (Wildman–Crippen MR) is 251 cm³/mol. The van der Waals surface area contributed by atoms with Gasteiger partial charge in [-0.3, -0.25) is 0 Å². The Morgan fingerprint density at radius 1 is 0.781 bits per heavy atom. The minimum Gasteiger partial charge on any atom is -0.457 e. The minimum atomic E-state index is -0.391. The summed E-state index contributed by atoms with van der Waals surface area (Å²) in [5, 5.41) is 37.6. The molecule has 3 aromatic rings. The zero-order chi connectivity index (χ0) is 45.7. The van der Waals surface area contributed by atoms with Crippen molar-refractivity contribution in [1.82, 2.24) is 0 Å². The lowest BCUT2D eigenvalue weighted by atomic mass is 9.81. The highest BCUT2D eigenvalue weighted by Crippen LogP contribution is 2.49. The van der Waals surface area contributed by atoms with Gasteiger partial charge in [-0.05, 0) is 144 Å². The van der Waals surface area contributed by atoms with Gasteiger partial charge in [-0.15, -0.1) is 13.0 Å². The zero-order valence-electron chi connectivity index (χ0n) is 37.3. The summed E-state index contributed by atoms with van der Waals surface area (Å²) in [7, 11) is 0. The second-order valence-electron chi connectivity index (χ2n) is 17.1. The number of nitrogens with zero attached hydrogens (tertiary/aromatic N) is 2. The first-order chi connectivity index (χ1) is 30.9. The molecule has 6 rings (SSSR count). The molecule has 13 nitrogen and oxygen atoms in total. The SMILES string of the molecule is CC(=O)CCCCC[N+]1=C(/C=C/C2=C(Oc3ccc(SOOO)cc3)C(=C/C=C3/N(CCCCSOOO)c4ccc(C)cc4C3(C)C)/CCC2)C(C)(C)c2cc(SOOO)ccc21. The number of ketones is 1. The number of rotatable bonds is 24. The number of carbonyl (C=O) groups excluding carboxylic acids is 1. The van der Waals surface area contributed by atoms with E-state index in [-0.39, 0.29) is 11.2 Å². The first-order valence-corrected chi connectivity index (χ1v) is 24.0. The average molecular weight is 936 g/mol. The van der Waals surface area contributed by atoms with E-state index in [0.717, 1.165) is 144 Å². The molecule has 0 bridgehead atoms. The Hall–Kier alpha value is -3.75.